The zero-order valence-electron chi connectivity index (χ0n) is 10.3. The monoisotopic (exact) mass is 236 g/mol. The SMILES string of the molecule is CC1CC(C#N)(C(=O)NCC2(CCO)CC2)C1. The van der Waals surface area contributed by atoms with Crippen molar-refractivity contribution in [3.63, 3.8) is 0 Å². The van der Waals surface area contributed by atoms with Gasteiger partial charge in [0.05, 0.1) is 6.07 Å². The van der Waals surface area contributed by atoms with E-state index in [1.165, 1.54) is 0 Å². The molecule has 94 valence electrons. The Labute approximate surface area is 102 Å². The van der Waals surface area contributed by atoms with Gasteiger partial charge in [0.1, 0.15) is 5.41 Å². The summed E-state index contributed by atoms with van der Waals surface area (Å²) >= 11 is 0. The van der Waals surface area contributed by atoms with Gasteiger partial charge in [-0.2, -0.15) is 5.26 Å². The van der Waals surface area contributed by atoms with Crippen LogP contribution in [-0.2, 0) is 4.79 Å². The molecule has 0 saturated heterocycles. The van der Waals surface area contributed by atoms with E-state index in [1.807, 2.05) is 0 Å². The molecule has 2 rings (SSSR count). The number of nitrogens with one attached hydrogen (secondary N) is 1. The summed E-state index contributed by atoms with van der Waals surface area (Å²) in [6.45, 7) is 2.86. The van der Waals surface area contributed by atoms with Gasteiger partial charge in [0, 0.05) is 13.2 Å². The summed E-state index contributed by atoms with van der Waals surface area (Å²) in [5.74, 6) is 0.370. The third-order valence-electron chi connectivity index (χ3n) is 4.27. The molecule has 0 radical (unpaired) electrons. The summed E-state index contributed by atoms with van der Waals surface area (Å²) in [6, 6.07) is 2.17. The summed E-state index contributed by atoms with van der Waals surface area (Å²) in [4.78, 5) is 12.0. The van der Waals surface area contributed by atoms with Crippen LogP contribution in [0.1, 0.15) is 39.0 Å². The maximum absolute atomic E-state index is 12.0. The first-order valence-corrected chi connectivity index (χ1v) is 6.36. The van der Waals surface area contributed by atoms with E-state index in [0.29, 0.717) is 25.3 Å². The summed E-state index contributed by atoms with van der Waals surface area (Å²) < 4.78 is 0. The molecular formula is C13H20N2O2. The number of carbonyl (C=O) groups excluding carboxylic acids is 1. The molecule has 2 N–H and O–H groups in total. The van der Waals surface area contributed by atoms with E-state index < -0.39 is 5.41 Å². The van der Waals surface area contributed by atoms with Crippen molar-refractivity contribution in [1.29, 1.82) is 5.26 Å². The van der Waals surface area contributed by atoms with Gasteiger partial charge >= 0.3 is 0 Å². The number of carbonyl (C=O) groups is 1. The van der Waals surface area contributed by atoms with Gasteiger partial charge in [0.25, 0.3) is 0 Å². The van der Waals surface area contributed by atoms with Crippen molar-refractivity contribution in [2.24, 2.45) is 16.7 Å². The third-order valence-corrected chi connectivity index (χ3v) is 4.27. The molecule has 2 saturated carbocycles. The van der Waals surface area contributed by atoms with Crippen LogP contribution in [-0.4, -0.2) is 24.2 Å². The summed E-state index contributed by atoms with van der Waals surface area (Å²) in [7, 11) is 0. The highest BCUT2D eigenvalue weighted by molar-refractivity contribution is 5.86. The maximum atomic E-state index is 12.0. The van der Waals surface area contributed by atoms with Crippen LogP contribution in [0, 0.1) is 28.1 Å². The van der Waals surface area contributed by atoms with Crippen LogP contribution in [0.5, 0.6) is 0 Å². The maximum Gasteiger partial charge on any atom is 0.240 e. The lowest BCUT2D eigenvalue weighted by atomic mass is 9.63. The van der Waals surface area contributed by atoms with Crippen LogP contribution in [0.4, 0.5) is 0 Å². The van der Waals surface area contributed by atoms with E-state index in [9.17, 15) is 4.79 Å². The highest BCUT2D eigenvalue weighted by Gasteiger charge is 2.50. The molecule has 2 fully saturated rings. The minimum atomic E-state index is -0.769. The van der Waals surface area contributed by atoms with Gasteiger partial charge in [0.2, 0.25) is 5.91 Å². The smallest absolute Gasteiger partial charge is 0.240 e. The normalized spacial score (nSPS) is 33.4. The number of hydrogen-bond donors (Lipinski definition) is 2. The Morgan fingerprint density at radius 2 is 2.18 bits per heavy atom. The molecule has 0 unspecified atom stereocenters. The molecule has 17 heavy (non-hydrogen) atoms. The van der Waals surface area contributed by atoms with Crippen LogP contribution < -0.4 is 5.32 Å². The highest BCUT2D eigenvalue weighted by atomic mass is 16.3. The molecule has 2 aliphatic carbocycles. The standard InChI is InChI=1S/C13H20N2O2/c1-10-6-13(7-10,8-14)11(17)15-9-12(2-3-12)4-5-16/h10,16H,2-7,9H2,1H3,(H,15,17). The average Bonchev–Trinajstić information content (AvgIpc) is 3.02. The van der Waals surface area contributed by atoms with E-state index in [-0.39, 0.29) is 17.9 Å². The Morgan fingerprint density at radius 1 is 1.53 bits per heavy atom. The summed E-state index contributed by atoms with van der Waals surface area (Å²) in [6.07, 6.45) is 4.27. The first-order chi connectivity index (χ1) is 8.06. The Kier molecular flexibility index (Phi) is 3.13. The quantitative estimate of drug-likeness (QED) is 0.753. The summed E-state index contributed by atoms with van der Waals surface area (Å²) in [5, 5.41) is 21.0. The lowest BCUT2D eigenvalue weighted by Gasteiger charge is -2.39. The largest absolute Gasteiger partial charge is 0.396 e. The number of rotatable bonds is 5. The van der Waals surface area contributed by atoms with Crippen LogP contribution in [0.25, 0.3) is 0 Å². The van der Waals surface area contributed by atoms with Gasteiger partial charge in [-0.3, -0.25) is 4.79 Å². The molecule has 0 bridgehead atoms. The fourth-order valence-corrected chi connectivity index (χ4v) is 2.82. The molecule has 0 aromatic heterocycles. The second kappa shape index (κ2) is 4.30. The zero-order valence-corrected chi connectivity index (χ0v) is 10.3. The zero-order chi connectivity index (χ0) is 12.5. The molecule has 0 atom stereocenters. The number of hydrogen-bond acceptors (Lipinski definition) is 3. The summed E-state index contributed by atoms with van der Waals surface area (Å²) in [5.41, 5.74) is -0.648. The molecular weight excluding hydrogens is 216 g/mol. The molecule has 0 heterocycles. The van der Waals surface area contributed by atoms with E-state index in [0.717, 1.165) is 19.3 Å². The van der Waals surface area contributed by atoms with E-state index >= 15 is 0 Å². The first kappa shape index (κ1) is 12.4. The molecule has 0 aliphatic heterocycles. The molecule has 1 amide bonds. The second-order valence-corrected chi connectivity index (χ2v) is 5.86. The minimum absolute atomic E-state index is 0.109. The van der Waals surface area contributed by atoms with Gasteiger partial charge in [-0.1, -0.05) is 6.92 Å². The van der Waals surface area contributed by atoms with Gasteiger partial charge in [-0.05, 0) is 43.4 Å². The lowest BCUT2D eigenvalue weighted by Crippen LogP contribution is -2.49. The third kappa shape index (κ3) is 2.30. The van der Waals surface area contributed by atoms with Gasteiger partial charge in [-0.25, -0.2) is 0 Å². The van der Waals surface area contributed by atoms with Crippen LogP contribution in [0.15, 0.2) is 0 Å². The molecule has 0 spiro atoms. The van der Waals surface area contributed by atoms with Crippen molar-refractivity contribution in [3.05, 3.63) is 0 Å². The number of nitrogens with zero attached hydrogens (tertiary/aromatic N) is 1. The fraction of sp³-hybridized carbons (Fsp3) is 0.846. The molecule has 4 nitrogen and oxygen atoms in total. The lowest BCUT2D eigenvalue weighted by molar-refractivity contribution is -0.134. The average molecular weight is 236 g/mol. The van der Waals surface area contributed by atoms with Gasteiger partial charge < -0.3 is 10.4 Å². The first-order valence-electron chi connectivity index (χ1n) is 6.36. The van der Waals surface area contributed by atoms with Gasteiger partial charge in [0.15, 0.2) is 0 Å². The predicted octanol–water partition coefficient (Wildman–Crippen LogP) is 1.21. The van der Waals surface area contributed by atoms with Crippen molar-refractivity contribution >= 4 is 5.91 Å². The predicted molar refractivity (Wildman–Crippen MR) is 62.8 cm³/mol. The van der Waals surface area contributed by atoms with E-state index in [1.54, 1.807) is 0 Å². The molecule has 0 aromatic rings. The Morgan fingerprint density at radius 3 is 2.59 bits per heavy atom. The second-order valence-electron chi connectivity index (χ2n) is 5.86. The molecule has 2 aliphatic rings. The highest BCUT2D eigenvalue weighted by Crippen LogP contribution is 2.49. The van der Waals surface area contributed by atoms with Crippen molar-refractivity contribution in [2.45, 2.75) is 39.0 Å². The Hall–Kier alpha value is -1.08. The fourth-order valence-electron chi connectivity index (χ4n) is 2.82. The number of nitriles is 1. The van der Waals surface area contributed by atoms with Crippen molar-refractivity contribution in [2.75, 3.05) is 13.2 Å². The number of aliphatic hydroxyl groups is 1. The van der Waals surface area contributed by atoms with E-state index in [2.05, 4.69) is 18.3 Å². The van der Waals surface area contributed by atoms with Crippen molar-refractivity contribution < 1.29 is 9.90 Å². The van der Waals surface area contributed by atoms with Crippen molar-refractivity contribution in [1.82, 2.24) is 5.32 Å². The molecule has 4 heteroatoms. The Balaban J connectivity index is 1.84. The van der Waals surface area contributed by atoms with Crippen LogP contribution in [0.3, 0.4) is 0 Å². The minimum Gasteiger partial charge on any atom is -0.396 e. The van der Waals surface area contributed by atoms with Crippen LogP contribution >= 0.6 is 0 Å². The van der Waals surface area contributed by atoms with Crippen LogP contribution in [0.2, 0.25) is 0 Å². The number of aliphatic hydroxyl groups excluding tert-OH is 1. The molecule has 0 aromatic carbocycles. The van der Waals surface area contributed by atoms with Gasteiger partial charge in [-0.15, -0.1) is 0 Å². The van der Waals surface area contributed by atoms with E-state index in [4.69, 9.17) is 10.4 Å². The topological polar surface area (TPSA) is 73.1 Å². The number of amides is 1. The van der Waals surface area contributed by atoms with Crippen molar-refractivity contribution in [3.8, 4) is 6.07 Å². The Bertz CT molecular complexity index is 349.